The molecule has 0 radical (unpaired) electrons. The van der Waals surface area contributed by atoms with Crippen LogP contribution in [0.4, 0.5) is 5.69 Å². The minimum Gasteiger partial charge on any atom is -0.490 e. The number of anilines is 1. The fourth-order valence-electron chi connectivity index (χ4n) is 2.38. The minimum atomic E-state index is -0.777. The van der Waals surface area contributed by atoms with E-state index in [2.05, 4.69) is 10.1 Å². The second-order valence-corrected chi connectivity index (χ2v) is 5.91. The third-order valence-corrected chi connectivity index (χ3v) is 4.11. The SMILES string of the molecule is COCCOc1cc(NC(=O)C2(N)CCC2)ccc1/C=C/C(=O)OC. The monoisotopic (exact) mass is 348 g/mol. The van der Waals surface area contributed by atoms with Crippen molar-refractivity contribution < 1.29 is 23.8 Å². The maximum atomic E-state index is 12.3. The van der Waals surface area contributed by atoms with Gasteiger partial charge in [0.15, 0.2) is 0 Å². The highest BCUT2D eigenvalue weighted by Gasteiger charge is 2.40. The fraction of sp³-hybridized carbons (Fsp3) is 0.444. The second kappa shape index (κ2) is 8.64. The zero-order chi connectivity index (χ0) is 18.3. The van der Waals surface area contributed by atoms with Gasteiger partial charge in [-0.15, -0.1) is 0 Å². The van der Waals surface area contributed by atoms with Gasteiger partial charge in [-0.05, 0) is 37.5 Å². The first kappa shape index (κ1) is 19.0. The molecule has 0 atom stereocenters. The summed E-state index contributed by atoms with van der Waals surface area (Å²) in [7, 11) is 2.89. The van der Waals surface area contributed by atoms with Crippen LogP contribution in [0, 0.1) is 0 Å². The molecule has 7 heteroatoms. The molecule has 1 amide bonds. The van der Waals surface area contributed by atoms with Crippen molar-refractivity contribution in [3.05, 3.63) is 29.8 Å². The molecule has 25 heavy (non-hydrogen) atoms. The van der Waals surface area contributed by atoms with E-state index in [1.54, 1.807) is 31.4 Å². The van der Waals surface area contributed by atoms with E-state index >= 15 is 0 Å². The van der Waals surface area contributed by atoms with Crippen LogP contribution in [0.1, 0.15) is 24.8 Å². The molecule has 1 aliphatic carbocycles. The molecule has 136 valence electrons. The van der Waals surface area contributed by atoms with Crippen LogP contribution < -0.4 is 15.8 Å². The highest BCUT2D eigenvalue weighted by molar-refractivity contribution is 5.99. The molecular weight excluding hydrogens is 324 g/mol. The predicted octanol–water partition coefficient (Wildman–Crippen LogP) is 1.72. The van der Waals surface area contributed by atoms with E-state index in [0.717, 1.165) is 6.42 Å². The van der Waals surface area contributed by atoms with Crippen LogP contribution >= 0.6 is 0 Å². The van der Waals surface area contributed by atoms with Crippen molar-refractivity contribution in [2.24, 2.45) is 5.73 Å². The Bertz CT molecular complexity index is 653. The standard InChI is InChI=1S/C18H24N2O5/c1-23-10-11-25-15-12-14(20-17(22)18(19)8-3-9-18)6-4-13(15)5-7-16(21)24-2/h4-7,12H,3,8-11,19H2,1-2H3,(H,20,22)/b7-5+. The average molecular weight is 348 g/mol. The molecule has 0 unspecified atom stereocenters. The molecule has 2 rings (SSSR count). The zero-order valence-electron chi connectivity index (χ0n) is 14.5. The van der Waals surface area contributed by atoms with E-state index in [0.29, 0.717) is 43.1 Å². The summed E-state index contributed by atoms with van der Waals surface area (Å²) in [5.41, 5.74) is 6.53. The molecule has 0 aromatic heterocycles. The van der Waals surface area contributed by atoms with Gasteiger partial charge in [-0.25, -0.2) is 4.79 Å². The Balaban J connectivity index is 2.15. The summed E-state index contributed by atoms with van der Waals surface area (Å²) < 4.78 is 15.2. The number of nitrogens with one attached hydrogen (secondary N) is 1. The van der Waals surface area contributed by atoms with Gasteiger partial charge in [0, 0.05) is 30.5 Å². The van der Waals surface area contributed by atoms with E-state index in [1.807, 2.05) is 0 Å². The first-order valence-corrected chi connectivity index (χ1v) is 8.10. The van der Waals surface area contributed by atoms with Gasteiger partial charge in [0.05, 0.1) is 19.3 Å². The number of carbonyl (C=O) groups is 2. The fourth-order valence-corrected chi connectivity index (χ4v) is 2.38. The third-order valence-electron chi connectivity index (χ3n) is 4.11. The van der Waals surface area contributed by atoms with E-state index < -0.39 is 11.5 Å². The number of esters is 1. The Morgan fingerprint density at radius 1 is 1.28 bits per heavy atom. The number of amides is 1. The van der Waals surface area contributed by atoms with Gasteiger partial charge in [0.2, 0.25) is 5.91 Å². The van der Waals surface area contributed by atoms with E-state index in [1.165, 1.54) is 13.2 Å². The molecule has 1 aromatic rings. The van der Waals surface area contributed by atoms with Gasteiger partial charge >= 0.3 is 5.97 Å². The quantitative estimate of drug-likeness (QED) is 0.421. The van der Waals surface area contributed by atoms with Gasteiger partial charge in [-0.3, -0.25) is 4.79 Å². The maximum Gasteiger partial charge on any atom is 0.330 e. The lowest BCUT2D eigenvalue weighted by Gasteiger charge is -2.36. The second-order valence-electron chi connectivity index (χ2n) is 5.91. The Hall–Kier alpha value is -2.38. The molecule has 0 saturated heterocycles. The van der Waals surface area contributed by atoms with Crippen molar-refractivity contribution in [2.75, 3.05) is 32.8 Å². The van der Waals surface area contributed by atoms with Crippen LogP contribution in [0.3, 0.4) is 0 Å². The lowest BCUT2D eigenvalue weighted by molar-refractivity contribution is -0.134. The molecule has 1 aliphatic rings. The third kappa shape index (κ3) is 5.04. The number of methoxy groups -OCH3 is 2. The topological polar surface area (TPSA) is 99.9 Å². The molecule has 1 fully saturated rings. The van der Waals surface area contributed by atoms with Crippen LogP contribution in [-0.2, 0) is 19.1 Å². The molecule has 1 saturated carbocycles. The number of nitrogens with two attached hydrogens (primary N) is 1. The first-order chi connectivity index (χ1) is 12.0. The van der Waals surface area contributed by atoms with E-state index in [9.17, 15) is 9.59 Å². The number of hydrogen-bond acceptors (Lipinski definition) is 6. The van der Waals surface area contributed by atoms with Gasteiger partial charge in [-0.2, -0.15) is 0 Å². The van der Waals surface area contributed by atoms with Crippen LogP contribution in [0.25, 0.3) is 6.08 Å². The largest absolute Gasteiger partial charge is 0.490 e. The van der Waals surface area contributed by atoms with Crippen molar-refractivity contribution in [1.29, 1.82) is 0 Å². The highest BCUT2D eigenvalue weighted by atomic mass is 16.5. The van der Waals surface area contributed by atoms with E-state index in [-0.39, 0.29) is 5.91 Å². The number of ether oxygens (including phenoxy) is 3. The van der Waals surface area contributed by atoms with E-state index in [4.69, 9.17) is 15.2 Å². The van der Waals surface area contributed by atoms with Crippen molar-refractivity contribution in [3.8, 4) is 5.75 Å². The normalized spacial score (nSPS) is 15.5. The highest BCUT2D eigenvalue weighted by Crippen LogP contribution is 2.31. The molecule has 0 aliphatic heterocycles. The van der Waals surface area contributed by atoms with Crippen LogP contribution in [0.15, 0.2) is 24.3 Å². The smallest absolute Gasteiger partial charge is 0.330 e. The molecule has 1 aromatic carbocycles. The number of rotatable bonds is 8. The first-order valence-electron chi connectivity index (χ1n) is 8.10. The summed E-state index contributed by atoms with van der Waals surface area (Å²) >= 11 is 0. The number of carbonyl (C=O) groups excluding carboxylic acids is 2. The summed E-state index contributed by atoms with van der Waals surface area (Å²) in [5, 5.41) is 2.83. The molecule has 0 spiro atoms. The summed E-state index contributed by atoms with van der Waals surface area (Å²) in [6.07, 6.45) is 5.24. The Morgan fingerprint density at radius 3 is 2.64 bits per heavy atom. The van der Waals surface area contributed by atoms with Gasteiger partial charge in [0.1, 0.15) is 12.4 Å². The van der Waals surface area contributed by atoms with Crippen molar-refractivity contribution >= 4 is 23.6 Å². The molecule has 3 N–H and O–H groups in total. The predicted molar refractivity (Wildman–Crippen MR) is 94.3 cm³/mol. The summed E-state index contributed by atoms with van der Waals surface area (Å²) in [5.74, 6) is -0.135. The lowest BCUT2D eigenvalue weighted by atomic mass is 9.77. The Labute approximate surface area is 147 Å². The average Bonchev–Trinajstić information content (AvgIpc) is 2.58. The molecule has 0 bridgehead atoms. The summed E-state index contributed by atoms with van der Waals surface area (Å²) in [4.78, 5) is 23.5. The zero-order valence-corrected chi connectivity index (χ0v) is 14.5. The van der Waals surface area contributed by atoms with Crippen LogP contribution in [0.5, 0.6) is 5.75 Å². The molecule has 7 nitrogen and oxygen atoms in total. The lowest BCUT2D eigenvalue weighted by Crippen LogP contribution is -2.56. The Morgan fingerprint density at radius 2 is 2.04 bits per heavy atom. The van der Waals surface area contributed by atoms with Crippen molar-refractivity contribution in [2.45, 2.75) is 24.8 Å². The molecular formula is C18H24N2O5. The maximum absolute atomic E-state index is 12.3. The number of hydrogen-bond donors (Lipinski definition) is 2. The summed E-state index contributed by atoms with van der Waals surface area (Å²) in [6.45, 7) is 0.760. The molecule has 0 heterocycles. The van der Waals surface area contributed by atoms with Gasteiger partial charge in [-0.1, -0.05) is 0 Å². The minimum absolute atomic E-state index is 0.195. The number of benzene rings is 1. The van der Waals surface area contributed by atoms with Gasteiger partial charge in [0.25, 0.3) is 0 Å². The van der Waals surface area contributed by atoms with Crippen molar-refractivity contribution in [1.82, 2.24) is 0 Å². The van der Waals surface area contributed by atoms with Crippen LogP contribution in [0.2, 0.25) is 0 Å². The van der Waals surface area contributed by atoms with Crippen molar-refractivity contribution in [3.63, 3.8) is 0 Å². The van der Waals surface area contributed by atoms with Crippen LogP contribution in [-0.4, -0.2) is 44.8 Å². The van der Waals surface area contributed by atoms with Gasteiger partial charge < -0.3 is 25.3 Å². The summed E-state index contributed by atoms with van der Waals surface area (Å²) in [6, 6.07) is 5.19. The Kier molecular flexibility index (Phi) is 6.55.